The third-order valence-corrected chi connectivity index (χ3v) is 2.84. The normalized spacial score (nSPS) is 13.4. The van der Waals surface area contributed by atoms with Crippen molar-refractivity contribution >= 4 is 8.25 Å². The van der Waals surface area contributed by atoms with Gasteiger partial charge in [-0.25, -0.2) is 0 Å². The van der Waals surface area contributed by atoms with Crippen LogP contribution in [0.4, 0.5) is 0 Å². The lowest BCUT2D eigenvalue weighted by Gasteiger charge is -2.24. The molecule has 16 heavy (non-hydrogen) atoms. The Balaban J connectivity index is 3.53. The molecular weight excluding hydrogens is 227 g/mol. The molecule has 6 heteroatoms. The van der Waals surface area contributed by atoms with Gasteiger partial charge in [-0.2, -0.15) is 0 Å². The summed E-state index contributed by atoms with van der Waals surface area (Å²) in [7, 11) is 10.1. The lowest BCUT2D eigenvalue weighted by molar-refractivity contribution is -0.870. The number of rotatable bonds is 8. The quantitative estimate of drug-likeness (QED) is 0.475. The van der Waals surface area contributed by atoms with Crippen molar-refractivity contribution in [1.82, 2.24) is 0 Å². The first-order valence-electron chi connectivity index (χ1n) is 5.51. The molecule has 5 nitrogen and oxygen atoms in total. The van der Waals surface area contributed by atoms with Crippen molar-refractivity contribution in [2.75, 3.05) is 68.6 Å². The maximum Gasteiger partial charge on any atom is 0.319 e. The van der Waals surface area contributed by atoms with Crippen LogP contribution in [0, 0.1) is 0 Å². The average molecular weight is 254 g/mol. The molecule has 0 aromatic rings. The van der Waals surface area contributed by atoms with E-state index in [0.717, 1.165) is 22.1 Å². The van der Waals surface area contributed by atoms with Crippen LogP contribution in [0.3, 0.4) is 0 Å². The Morgan fingerprint density at radius 3 is 1.38 bits per heavy atom. The summed E-state index contributed by atoms with van der Waals surface area (Å²) in [6, 6.07) is 0. The van der Waals surface area contributed by atoms with Crippen LogP contribution in [0.2, 0.25) is 0 Å². The molecule has 0 atom stereocenters. The van der Waals surface area contributed by atoms with Gasteiger partial charge in [0.25, 0.3) is 0 Å². The number of nitrogens with zero attached hydrogens (tertiary/aromatic N) is 2. The fourth-order valence-corrected chi connectivity index (χ4v) is 1.45. The summed E-state index contributed by atoms with van der Waals surface area (Å²) >= 11 is 0. The average Bonchev–Trinajstić information content (AvgIpc) is 1.98. The minimum Gasteiger partial charge on any atom is -0.329 e. The van der Waals surface area contributed by atoms with Crippen molar-refractivity contribution in [2.45, 2.75) is 0 Å². The highest BCUT2D eigenvalue weighted by molar-refractivity contribution is 7.33. The van der Waals surface area contributed by atoms with Crippen molar-refractivity contribution in [3.63, 3.8) is 0 Å². The zero-order valence-electron chi connectivity index (χ0n) is 11.4. The maximum absolute atomic E-state index is 11.3. The van der Waals surface area contributed by atoms with Crippen LogP contribution in [0.15, 0.2) is 0 Å². The highest BCUT2D eigenvalue weighted by Crippen LogP contribution is 2.23. The van der Waals surface area contributed by atoms with Gasteiger partial charge in [-0.05, 0) is 0 Å². The molecule has 0 bridgehead atoms. The third-order valence-electron chi connectivity index (χ3n) is 1.96. The lowest BCUT2D eigenvalue weighted by Crippen LogP contribution is -2.37. The second-order valence-corrected chi connectivity index (χ2v) is 7.05. The van der Waals surface area contributed by atoms with Gasteiger partial charge in [-0.3, -0.25) is 4.57 Å². The van der Waals surface area contributed by atoms with E-state index in [0.29, 0.717) is 13.2 Å². The molecule has 0 saturated carbocycles. The Labute approximate surface area is 100 Å². The monoisotopic (exact) mass is 254 g/mol. The first-order chi connectivity index (χ1) is 7.10. The van der Waals surface area contributed by atoms with Crippen molar-refractivity contribution in [1.29, 1.82) is 0 Å². The van der Waals surface area contributed by atoms with Crippen LogP contribution >= 0.6 is 8.25 Å². The number of likely N-dealkylation sites (N-methyl/N-ethyl adjacent to an activating group) is 2. The van der Waals surface area contributed by atoms with E-state index in [9.17, 15) is 4.57 Å². The predicted octanol–water partition coefficient (Wildman–Crippen LogP) is 0.822. The van der Waals surface area contributed by atoms with E-state index in [-0.39, 0.29) is 0 Å². The highest BCUT2D eigenvalue weighted by Gasteiger charge is 2.10. The molecule has 0 aliphatic heterocycles. The molecular formula is C10H27N2O3P+2. The van der Waals surface area contributed by atoms with E-state index in [2.05, 4.69) is 42.3 Å². The summed E-state index contributed by atoms with van der Waals surface area (Å²) in [5, 5.41) is 0. The van der Waals surface area contributed by atoms with Crippen LogP contribution in [0.25, 0.3) is 0 Å². The van der Waals surface area contributed by atoms with Crippen LogP contribution < -0.4 is 0 Å². The van der Waals surface area contributed by atoms with Gasteiger partial charge < -0.3 is 18.0 Å². The molecule has 0 heterocycles. The van der Waals surface area contributed by atoms with E-state index in [4.69, 9.17) is 9.05 Å². The van der Waals surface area contributed by atoms with Gasteiger partial charge in [0.1, 0.15) is 26.3 Å². The van der Waals surface area contributed by atoms with Gasteiger partial charge in [0, 0.05) is 0 Å². The zero-order chi connectivity index (χ0) is 12.8. The van der Waals surface area contributed by atoms with Gasteiger partial charge in [-0.15, -0.1) is 0 Å². The fraction of sp³-hybridized carbons (Fsp3) is 1.00. The van der Waals surface area contributed by atoms with E-state index in [1.807, 2.05) is 0 Å². The fourth-order valence-electron chi connectivity index (χ4n) is 0.847. The summed E-state index contributed by atoms with van der Waals surface area (Å²) in [5.41, 5.74) is 0. The predicted molar refractivity (Wildman–Crippen MR) is 66.7 cm³/mol. The molecule has 0 saturated heterocycles. The first kappa shape index (κ1) is 16.1. The minimum atomic E-state index is -2.30. The summed E-state index contributed by atoms with van der Waals surface area (Å²) in [4.78, 5) is 0. The SMILES string of the molecule is C[N+](C)(C)CCO[PH](=O)OCC[N+](C)(C)C. The van der Waals surface area contributed by atoms with Gasteiger partial charge in [-0.1, -0.05) is 0 Å². The summed E-state index contributed by atoms with van der Waals surface area (Å²) in [5.74, 6) is 0. The number of quaternary nitrogens is 2. The Morgan fingerprint density at radius 2 is 1.12 bits per heavy atom. The Morgan fingerprint density at radius 1 is 0.812 bits per heavy atom. The molecule has 0 N–H and O–H groups in total. The Kier molecular flexibility index (Phi) is 6.75. The molecule has 0 aromatic carbocycles. The third kappa shape index (κ3) is 12.1. The van der Waals surface area contributed by atoms with Crippen LogP contribution in [0.1, 0.15) is 0 Å². The molecule has 98 valence electrons. The molecule has 0 unspecified atom stereocenters. The number of hydrogen-bond donors (Lipinski definition) is 0. The molecule has 0 rings (SSSR count). The largest absolute Gasteiger partial charge is 0.329 e. The Hall–Kier alpha value is 0.0700. The second kappa shape index (κ2) is 6.72. The van der Waals surface area contributed by atoms with E-state index in [1.165, 1.54) is 0 Å². The Bertz CT molecular complexity index is 199. The van der Waals surface area contributed by atoms with Crippen molar-refractivity contribution in [3.05, 3.63) is 0 Å². The smallest absolute Gasteiger partial charge is 0.319 e. The lowest BCUT2D eigenvalue weighted by atomic mass is 10.5. The van der Waals surface area contributed by atoms with Gasteiger partial charge in [0.15, 0.2) is 0 Å². The molecule has 0 amide bonds. The van der Waals surface area contributed by atoms with Gasteiger partial charge in [0.05, 0.1) is 42.3 Å². The molecule has 0 fully saturated rings. The maximum atomic E-state index is 11.3. The van der Waals surface area contributed by atoms with Gasteiger partial charge in [0.2, 0.25) is 0 Å². The van der Waals surface area contributed by atoms with Gasteiger partial charge >= 0.3 is 8.25 Å². The summed E-state index contributed by atoms with van der Waals surface area (Å²) in [6.45, 7) is 2.61. The molecule has 0 aliphatic carbocycles. The van der Waals surface area contributed by atoms with Crippen LogP contribution in [-0.2, 0) is 13.6 Å². The van der Waals surface area contributed by atoms with Crippen LogP contribution in [0.5, 0.6) is 0 Å². The molecule has 0 aliphatic rings. The topological polar surface area (TPSA) is 35.5 Å². The van der Waals surface area contributed by atoms with E-state index in [1.54, 1.807) is 0 Å². The standard InChI is InChI=1S/C10H27N2O3P/c1-11(2,3)7-9-14-16(13)15-10-8-12(4,5)6/h16H,7-10H2,1-6H3/q+2. The van der Waals surface area contributed by atoms with Crippen molar-refractivity contribution in [2.24, 2.45) is 0 Å². The highest BCUT2D eigenvalue weighted by atomic mass is 31.1. The molecule has 0 radical (unpaired) electrons. The molecule has 0 spiro atoms. The number of hydrogen-bond acceptors (Lipinski definition) is 3. The summed E-state index contributed by atoms with van der Waals surface area (Å²) in [6.07, 6.45) is 0. The molecule has 0 aromatic heterocycles. The first-order valence-corrected chi connectivity index (χ1v) is 6.73. The van der Waals surface area contributed by atoms with E-state index < -0.39 is 8.25 Å². The van der Waals surface area contributed by atoms with Crippen molar-refractivity contribution < 1.29 is 22.6 Å². The van der Waals surface area contributed by atoms with Crippen molar-refractivity contribution in [3.8, 4) is 0 Å². The van der Waals surface area contributed by atoms with Crippen LogP contribution in [-0.4, -0.2) is 77.6 Å². The zero-order valence-corrected chi connectivity index (χ0v) is 12.4. The van der Waals surface area contributed by atoms with E-state index >= 15 is 0 Å². The second-order valence-electron chi connectivity index (χ2n) is 5.97. The summed E-state index contributed by atoms with van der Waals surface area (Å²) < 4.78 is 23.2. The minimum absolute atomic E-state index is 0.478.